The van der Waals surface area contributed by atoms with Crippen LogP contribution in [0.3, 0.4) is 0 Å². The molecule has 110 valence electrons. The van der Waals surface area contributed by atoms with E-state index in [-0.39, 0.29) is 18.0 Å². The van der Waals surface area contributed by atoms with Gasteiger partial charge < -0.3 is 4.74 Å². The molecule has 6 nitrogen and oxygen atoms in total. The van der Waals surface area contributed by atoms with Crippen LogP contribution in [0.1, 0.15) is 22.6 Å². The van der Waals surface area contributed by atoms with Gasteiger partial charge in [-0.05, 0) is 38.0 Å². The Balaban J connectivity index is 2.29. The molecule has 7 heteroatoms. The summed E-state index contributed by atoms with van der Waals surface area (Å²) in [6.45, 7) is 5.37. The molecule has 1 aromatic carbocycles. The summed E-state index contributed by atoms with van der Waals surface area (Å²) in [5, 5.41) is 11.4. The van der Waals surface area contributed by atoms with Crippen molar-refractivity contribution in [3.63, 3.8) is 0 Å². The first-order chi connectivity index (χ1) is 9.86. The van der Waals surface area contributed by atoms with Gasteiger partial charge in [0.25, 0.3) is 0 Å². The van der Waals surface area contributed by atoms with Gasteiger partial charge in [-0.15, -0.1) is 0 Å². The summed E-state index contributed by atoms with van der Waals surface area (Å²) in [6, 6.07) is 4.93. The minimum atomic E-state index is -0.459. The van der Waals surface area contributed by atoms with Gasteiger partial charge in [0, 0.05) is 11.8 Å². The molecule has 0 saturated carbocycles. The van der Waals surface area contributed by atoms with Crippen molar-refractivity contribution in [1.29, 1.82) is 0 Å². The molecule has 0 aliphatic rings. The van der Waals surface area contributed by atoms with Crippen LogP contribution in [0.15, 0.2) is 18.2 Å². The zero-order chi connectivity index (χ0) is 15.6. The third kappa shape index (κ3) is 3.66. The summed E-state index contributed by atoms with van der Waals surface area (Å²) in [5.41, 5.74) is 2.15. The van der Waals surface area contributed by atoms with Gasteiger partial charge in [0.1, 0.15) is 11.8 Å². The molecule has 21 heavy (non-hydrogen) atoms. The van der Waals surface area contributed by atoms with Crippen LogP contribution in [0.4, 0.5) is 5.69 Å². The molecular weight excluding hydrogens is 294 g/mol. The first kappa shape index (κ1) is 15.2. The van der Waals surface area contributed by atoms with E-state index >= 15 is 0 Å². The minimum Gasteiger partial charge on any atom is -0.478 e. The van der Waals surface area contributed by atoms with E-state index in [2.05, 4.69) is 9.97 Å². The largest absolute Gasteiger partial charge is 0.478 e. The lowest BCUT2D eigenvalue weighted by Gasteiger charge is -2.10. The Morgan fingerprint density at radius 1 is 1.24 bits per heavy atom. The first-order valence-corrected chi connectivity index (χ1v) is 6.63. The lowest BCUT2D eigenvalue weighted by Crippen LogP contribution is -2.05. The molecule has 0 bridgehead atoms. The summed E-state index contributed by atoms with van der Waals surface area (Å²) >= 11 is 5.85. The summed E-state index contributed by atoms with van der Waals surface area (Å²) in [7, 11) is 0. The Bertz CT molecular complexity index is 684. The van der Waals surface area contributed by atoms with Crippen molar-refractivity contribution < 1.29 is 9.66 Å². The Kier molecular flexibility index (Phi) is 4.37. The number of nitrogens with zero attached hydrogens (tertiary/aromatic N) is 3. The summed E-state index contributed by atoms with van der Waals surface area (Å²) in [6.07, 6.45) is 0. The molecule has 0 amide bonds. The van der Waals surface area contributed by atoms with E-state index < -0.39 is 4.92 Å². The molecule has 0 radical (unpaired) electrons. The predicted molar refractivity (Wildman–Crippen MR) is 78.7 cm³/mol. The third-order valence-electron chi connectivity index (χ3n) is 2.81. The van der Waals surface area contributed by atoms with Crippen molar-refractivity contribution in [3.8, 4) is 5.75 Å². The normalized spacial score (nSPS) is 10.5. The molecule has 0 atom stereocenters. The second kappa shape index (κ2) is 6.05. The first-order valence-electron chi connectivity index (χ1n) is 6.25. The zero-order valence-electron chi connectivity index (χ0n) is 11.9. The summed E-state index contributed by atoms with van der Waals surface area (Å²) in [4.78, 5) is 18.9. The second-order valence-corrected chi connectivity index (χ2v) is 5.11. The maximum absolute atomic E-state index is 11.1. The topological polar surface area (TPSA) is 78.2 Å². The Morgan fingerprint density at radius 3 is 2.57 bits per heavy atom. The van der Waals surface area contributed by atoms with Crippen molar-refractivity contribution in [1.82, 2.24) is 9.97 Å². The van der Waals surface area contributed by atoms with Crippen LogP contribution in [0, 0.1) is 30.9 Å². The standard InChI is InChI=1S/C14H14ClN3O3/c1-8-4-9(2)14(11(5-8)18(19)20)21-7-13-16-10(3)6-12(15)17-13/h4-6H,7H2,1-3H3. The van der Waals surface area contributed by atoms with Crippen LogP contribution in [0.25, 0.3) is 0 Å². The molecule has 0 spiro atoms. The minimum absolute atomic E-state index is 0.0200. The van der Waals surface area contributed by atoms with E-state index in [0.29, 0.717) is 22.2 Å². The molecule has 1 aromatic heterocycles. The van der Waals surface area contributed by atoms with Crippen molar-refractivity contribution in [2.24, 2.45) is 0 Å². The highest BCUT2D eigenvalue weighted by Crippen LogP contribution is 2.32. The van der Waals surface area contributed by atoms with E-state index in [4.69, 9.17) is 16.3 Å². The van der Waals surface area contributed by atoms with Crippen molar-refractivity contribution in [2.45, 2.75) is 27.4 Å². The Hall–Kier alpha value is -2.21. The third-order valence-corrected chi connectivity index (χ3v) is 3.00. The van der Waals surface area contributed by atoms with Crippen molar-refractivity contribution in [2.75, 3.05) is 0 Å². The number of rotatable bonds is 4. The van der Waals surface area contributed by atoms with Crippen LogP contribution >= 0.6 is 11.6 Å². The van der Waals surface area contributed by atoms with E-state index in [9.17, 15) is 10.1 Å². The summed E-state index contributed by atoms with van der Waals surface area (Å²) < 4.78 is 5.55. The average molecular weight is 308 g/mol. The summed E-state index contributed by atoms with van der Waals surface area (Å²) in [5.74, 6) is 0.612. The number of halogens is 1. The molecule has 0 saturated heterocycles. The van der Waals surface area contributed by atoms with Gasteiger partial charge in [0.05, 0.1) is 4.92 Å². The molecule has 1 heterocycles. The highest BCUT2D eigenvalue weighted by molar-refractivity contribution is 6.29. The fourth-order valence-electron chi connectivity index (χ4n) is 2.05. The number of hydrogen-bond donors (Lipinski definition) is 0. The molecule has 2 aromatic rings. The lowest BCUT2D eigenvalue weighted by atomic mass is 10.1. The van der Waals surface area contributed by atoms with Crippen LogP contribution in [-0.4, -0.2) is 14.9 Å². The van der Waals surface area contributed by atoms with Crippen LogP contribution in [0.2, 0.25) is 5.15 Å². The van der Waals surface area contributed by atoms with E-state index in [0.717, 1.165) is 5.56 Å². The number of aryl methyl sites for hydroxylation is 3. The number of nitro groups is 1. The van der Waals surface area contributed by atoms with Gasteiger partial charge in [-0.1, -0.05) is 17.7 Å². The van der Waals surface area contributed by atoms with E-state index in [1.807, 2.05) is 6.07 Å². The molecule has 0 fully saturated rings. The monoisotopic (exact) mass is 307 g/mol. The van der Waals surface area contributed by atoms with Gasteiger partial charge in [0.15, 0.2) is 5.82 Å². The number of nitro benzene ring substituents is 1. The van der Waals surface area contributed by atoms with E-state index in [1.54, 1.807) is 26.8 Å². The molecule has 0 aliphatic carbocycles. The van der Waals surface area contributed by atoms with Gasteiger partial charge in [-0.3, -0.25) is 10.1 Å². The fourth-order valence-corrected chi connectivity index (χ4v) is 2.30. The molecule has 0 unspecified atom stereocenters. The van der Waals surface area contributed by atoms with Crippen LogP contribution in [-0.2, 0) is 6.61 Å². The predicted octanol–water partition coefficient (Wildman–Crippen LogP) is 3.54. The molecule has 0 N–H and O–H groups in total. The van der Waals surface area contributed by atoms with Crippen LogP contribution in [0.5, 0.6) is 5.75 Å². The fraction of sp³-hybridized carbons (Fsp3) is 0.286. The highest BCUT2D eigenvalue weighted by atomic mass is 35.5. The van der Waals surface area contributed by atoms with Crippen LogP contribution < -0.4 is 4.74 Å². The van der Waals surface area contributed by atoms with Gasteiger partial charge >= 0.3 is 5.69 Å². The number of aromatic nitrogens is 2. The van der Waals surface area contributed by atoms with E-state index in [1.165, 1.54) is 6.07 Å². The average Bonchev–Trinajstić information content (AvgIpc) is 2.35. The zero-order valence-corrected chi connectivity index (χ0v) is 12.6. The molecular formula is C14H14ClN3O3. The van der Waals surface area contributed by atoms with Gasteiger partial charge in [-0.2, -0.15) is 0 Å². The quantitative estimate of drug-likeness (QED) is 0.490. The van der Waals surface area contributed by atoms with Gasteiger partial charge in [-0.25, -0.2) is 9.97 Å². The number of hydrogen-bond acceptors (Lipinski definition) is 5. The highest BCUT2D eigenvalue weighted by Gasteiger charge is 2.19. The maximum Gasteiger partial charge on any atom is 0.311 e. The van der Waals surface area contributed by atoms with Crippen molar-refractivity contribution >= 4 is 17.3 Å². The Morgan fingerprint density at radius 2 is 1.95 bits per heavy atom. The SMILES string of the molecule is Cc1cc(C)c(OCc2nc(C)cc(Cl)n2)c([N+](=O)[O-])c1. The number of ether oxygens (including phenoxy) is 1. The smallest absolute Gasteiger partial charge is 0.311 e. The maximum atomic E-state index is 11.1. The van der Waals surface area contributed by atoms with Crippen molar-refractivity contribution in [3.05, 3.63) is 56.1 Å². The lowest BCUT2D eigenvalue weighted by molar-refractivity contribution is -0.386. The number of benzene rings is 1. The molecule has 2 rings (SSSR count). The molecule has 0 aliphatic heterocycles. The van der Waals surface area contributed by atoms with Gasteiger partial charge in [0.2, 0.25) is 5.75 Å². The Labute approximate surface area is 126 Å². The second-order valence-electron chi connectivity index (χ2n) is 4.72.